The summed E-state index contributed by atoms with van der Waals surface area (Å²) in [7, 11) is 0. The minimum absolute atomic E-state index is 0.117. The summed E-state index contributed by atoms with van der Waals surface area (Å²) in [4.78, 5) is 14.3. The first-order valence-corrected chi connectivity index (χ1v) is 6.95. The van der Waals surface area contributed by atoms with E-state index in [1.807, 2.05) is 18.2 Å². The fraction of sp³-hybridized carbons (Fsp3) is 0.308. The predicted molar refractivity (Wildman–Crippen MR) is 75.3 cm³/mol. The number of para-hydroxylation sites is 1. The Balaban J connectivity index is 1.99. The maximum absolute atomic E-state index is 12.5. The fourth-order valence-electron chi connectivity index (χ4n) is 2.43. The largest absolute Gasteiger partial charge is 0.374 e. The minimum atomic E-state index is -0.117. The number of nitrogen functional groups attached to an aromatic ring is 1. The second kappa shape index (κ2) is 4.62. The number of hydrogen-bond donors (Lipinski definition) is 1. The smallest absolute Gasteiger partial charge is 0.289 e. The highest BCUT2D eigenvalue weighted by atomic mass is 32.1. The van der Waals surface area contributed by atoms with Gasteiger partial charge in [-0.15, -0.1) is 10.2 Å². The zero-order valence-electron chi connectivity index (χ0n) is 10.5. The van der Waals surface area contributed by atoms with Gasteiger partial charge in [0.1, 0.15) is 0 Å². The number of carbonyl (C=O) groups is 1. The molecule has 2 N–H and O–H groups in total. The Morgan fingerprint density at radius 3 is 2.95 bits per heavy atom. The van der Waals surface area contributed by atoms with Crippen LogP contribution in [0.15, 0.2) is 24.3 Å². The summed E-state index contributed by atoms with van der Waals surface area (Å²) in [6.07, 6.45) is 0.998. The molecule has 1 unspecified atom stereocenters. The number of amides is 1. The van der Waals surface area contributed by atoms with E-state index in [9.17, 15) is 4.79 Å². The topological polar surface area (TPSA) is 72.1 Å². The number of aromatic nitrogens is 2. The van der Waals surface area contributed by atoms with Gasteiger partial charge in [0, 0.05) is 12.2 Å². The molecule has 1 atom stereocenters. The first kappa shape index (κ1) is 12.1. The van der Waals surface area contributed by atoms with Crippen molar-refractivity contribution < 1.29 is 4.79 Å². The summed E-state index contributed by atoms with van der Waals surface area (Å²) >= 11 is 1.13. The third-order valence-electron chi connectivity index (χ3n) is 3.21. The SMILES string of the molecule is CC1Cc2ccccc2N(C(=O)c2nnc(N)s2)C1. The molecule has 0 spiro atoms. The Hall–Kier alpha value is -1.95. The van der Waals surface area contributed by atoms with E-state index in [2.05, 4.69) is 23.2 Å². The lowest BCUT2D eigenvalue weighted by Gasteiger charge is -2.32. The maximum atomic E-state index is 12.5. The number of anilines is 2. The Morgan fingerprint density at radius 1 is 1.42 bits per heavy atom. The van der Waals surface area contributed by atoms with Gasteiger partial charge in [0.2, 0.25) is 10.1 Å². The summed E-state index contributed by atoms with van der Waals surface area (Å²) < 4.78 is 0. The molecule has 1 amide bonds. The van der Waals surface area contributed by atoms with Crippen molar-refractivity contribution in [2.75, 3.05) is 17.2 Å². The molecule has 1 aromatic heterocycles. The minimum Gasteiger partial charge on any atom is -0.374 e. The van der Waals surface area contributed by atoms with E-state index < -0.39 is 0 Å². The molecular weight excluding hydrogens is 260 g/mol. The van der Waals surface area contributed by atoms with Gasteiger partial charge in [-0.3, -0.25) is 4.79 Å². The average Bonchev–Trinajstić information content (AvgIpc) is 2.83. The molecule has 6 heteroatoms. The molecule has 1 aromatic carbocycles. The van der Waals surface area contributed by atoms with Gasteiger partial charge in [0.15, 0.2) is 0 Å². The Labute approximate surface area is 115 Å². The van der Waals surface area contributed by atoms with Gasteiger partial charge in [0.05, 0.1) is 0 Å². The van der Waals surface area contributed by atoms with Crippen molar-refractivity contribution in [3.05, 3.63) is 34.8 Å². The molecule has 0 bridgehead atoms. The molecule has 19 heavy (non-hydrogen) atoms. The van der Waals surface area contributed by atoms with Crippen LogP contribution in [0.25, 0.3) is 0 Å². The van der Waals surface area contributed by atoms with E-state index in [0.29, 0.717) is 22.6 Å². The normalized spacial score (nSPS) is 18.2. The van der Waals surface area contributed by atoms with Gasteiger partial charge in [-0.25, -0.2) is 0 Å². The van der Waals surface area contributed by atoms with Crippen molar-refractivity contribution in [3.63, 3.8) is 0 Å². The van der Waals surface area contributed by atoms with Gasteiger partial charge in [0.25, 0.3) is 5.91 Å². The van der Waals surface area contributed by atoms with Crippen molar-refractivity contribution in [1.82, 2.24) is 10.2 Å². The number of fused-ring (bicyclic) bond motifs is 1. The van der Waals surface area contributed by atoms with E-state index >= 15 is 0 Å². The first-order chi connectivity index (χ1) is 9.15. The predicted octanol–water partition coefficient (Wildman–Crippen LogP) is 1.96. The summed E-state index contributed by atoms with van der Waals surface area (Å²) in [5.41, 5.74) is 7.71. The number of carbonyl (C=O) groups excluding carboxylic acids is 1. The molecule has 3 rings (SSSR count). The lowest BCUT2D eigenvalue weighted by Crippen LogP contribution is -2.39. The van der Waals surface area contributed by atoms with Crippen molar-refractivity contribution in [1.29, 1.82) is 0 Å². The molecule has 2 aromatic rings. The number of hydrogen-bond acceptors (Lipinski definition) is 5. The van der Waals surface area contributed by atoms with E-state index in [-0.39, 0.29) is 5.91 Å². The highest BCUT2D eigenvalue weighted by molar-refractivity contribution is 7.17. The van der Waals surface area contributed by atoms with Gasteiger partial charge >= 0.3 is 0 Å². The van der Waals surface area contributed by atoms with E-state index in [1.165, 1.54) is 5.56 Å². The van der Waals surface area contributed by atoms with Crippen LogP contribution in [0.4, 0.5) is 10.8 Å². The van der Waals surface area contributed by atoms with Crippen LogP contribution in [0.1, 0.15) is 22.3 Å². The van der Waals surface area contributed by atoms with Gasteiger partial charge in [-0.1, -0.05) is 36.5 Å². The van der Waals surface area contributed by atoms with Crippen molar-refractivity contribution in [3.8, 4) is 0 Å². The number of nitrogens with zero attached hydrogens (tertiary/aromatic N) is 3. The Kier molecular flexibility index (Phi) is 2.94. The highest BCUT2D eigenvalue weighted by Crippen LogP contribution is 2.31. The molecule has 98 valence electrons. The molecule has 2 heterocycles. The Morgan fingerprint density at radius 2 is 2.21 bits per heavy atom. The van der Waals surface area contributed by atoms with Crippen LogP contribution in [0.2, 0.25) is 0 Å². The van der Waals surface area contributed by atoms with E-state index in [4.69, 9.17) is 5.73 Å². The molecule has 0 radical (unpaired) electrons. The number of rotatable bonds is 1. The van der Waals surface area contributed by atoms with Crippen LogP contribution < -0.4 is 10.6 Å². The summed E-state index contributed by atoms with van der Waals surface area (Å²) in [6.45, 7) is 2.85. The van der Waals surface area contributed by atoms with E-state index in [1.54, 1.807) is 4.90 Å². The zero-order valence-corrected chi connectivity index (χ0v) is 11.4. The fourth-order valence-corrected chi connectivity index (χ4v) is 2.98. The maximum Gasteiger partial charge on any atom is 0.289 e. The zero-order chi connectivity index (χ0) is 13.4. The standard InChI is InChI=1S/C13H14N4OS/c1-8-6-9-4-2-3-5-10(9)17(7-8)12(18)11-15-16-13(14)19-11/h2-5,8H,6-7H2,1H3,(H2,14,16). The van der Waals surface area contributed by atoms with Crippen LogP contribution in [0, 0.1) is 5.92 Å². The van der Waals surface area contributed by atoms with E-state index in [0.717, 1.165) is 23.4 Å². The van der Waals surface area contributed by atoms with Gasteiger partial charge in [-0.05, 0) is 24.0 Å². The van der Waals surface area contributed by atoms with Crippen molar-refractivity contribution in [2.45, 2.75) is 13.3 Å². The molecule has 1 aliphatic rings. The third kappa shape index (κ3) is 2.19. The second-order valence-corrected chi connectivity index (χ2v) is 5.81. The van der Waals surface area contributed by atoms with Crippen LogP contribution in [0.5, 0.6) is 0 Å². The average molecular weight is 274 g/mol. The lowest BCUT2D eigenvalue weighted by molar-refractivity contribution is 0.0980. The molecule has 0 aliphatic carbocycles. The number of nitrogens with two attached hydrogens (primary N) is 1. The van der Waals surface area contributed by atoms with Crippen molar-refractivity contribution >= 4 is 28.1 Å². The number of benzene rings is 1. The van der Waals surface area contributed by atoms with Gasteiger partial charge in [-0.2, -0.15) is 0 Å². The van der Waals surface area contributed by atoms with Crippen molar-refractivity contribution in [2.24, 2.45) is 5.92 Å². The summed E-state index contributed by atoms with van der Waals surface area (Å²) in [5, 5.41) is 8.22. The van der Waals surface area contributed by atoms with Crippen LogP contribution in [-0.2, 0) is 6.42 Å². The van der Waals surface area contributed by atoms with Crippen LogP contribution >= 0.6 is 11.3 Å². The van der Waals surface area contributed by atoms with Gasteiger partial charge < -0.3 is 10.6 Å². The molecule has 0 saturated carbocycles. The molecule has 0 saturated heterocycles. The second-order valence-electron chi connectivity index (χ2n) is 4.80. The first-order valence-electron chi connectivity index (χ1n) is 6.14. The summed E-state index contributed by atoms with van der Waals surface area (Å²) in [5.74, 6) is 0.317. The Bertz CT molecular complexity index is 625. The quantitative estimate of drug-likeness (QED) is 0.862. The van der Waals surface area contributed by atoms with Crippen LogP contribution in [0.3, 0.4) is 0 Å². The third-order valence-corrected chi connectivity index (χ3v) is 3.95. The molecular formula is C13H14N4OS. The summed E-state index contributed by atoms with van der Waals surface area (Å²) in [6, 6.07) is 8.00. The van der Waals surface area contributed by atoms with Crippen LogP contribution in [-0.4, -0.2) is 22.6 Å². The molecule has 5 nitrogen and oxygen atoms in total. The molecule has 0 fully saturated rings. The molecule has 1 aliphatic heterocycles. The monoisotopic (exact) mass is 274 g/mol. The lowest BCUT2D eigenvalue weighted by atomic mass is 9.94. The highest BCUT2D eigenvalue weighted by Gasteiger charge is 2.28.